The Morgan fingerprint density at radius 1 is 1.24 bits per heavy atom. The summed E-state index contributed by atoms with van der Waals surface area (Å²) in [7, 11) is 0. The van der Waals surface area contributed by atoms with Crippen LogP contribution >= 0.6 is 0 Å². The number of aryl methyl sites for hydroxylation is 1. The van der Waals surface area contributed by atoms with Crippen LogP contribution in [0.4, 0.5) is 0 Å². The second kappa shape index (κ2) is 3.90. The lowest BCUT2D eigenvalue weighted by Crippen LogP contribution is -2.15. The minimum Gasteiger partial charge on any atom is -0.344 e. The zero-order valence-corrected chi connectivity index (χ0v) is 11.0. The van der Waals surface area contributed by atoms with E-state index in [1.54, 1.807) is 0 Å². The molecule has 1 nitrogen and oxygen atoms in total. The van der Waals surface area contributed by atoms with Gasteiger partial charge in [-0.3, -0.25) is 0 Å². The van der Waals surface area contributed by atoms with Gasteiger partial charge in [0.15, 0.2) is 0 Å². The number of fused-ring (bicyclic) bond motifs is 1. The van der Waals surface area contributed by atoms with E-state index in [4.69, 9.17) is 0 Å². The Bertz CT molecular complexity index is 544. The molecule has 0 atom stereocenters. The fourth-order valence-corrected chi connectivity index (χ4v) is 2.94. The van der Waals surface area contributed by atoms with Gasteiger partial charge in [0.25, 0.3) is 0 Å². The van der Waals surface area contributed by atoms with Gasteiger partial charge in [-0.1, -0.05) is 13.8 Å². The molecule has 1 heteroatoms. The number of hydrogen-bond donors (Lipinski definition) is 0. The second-order valence-corrected chi connectivity index (χ2v) is 5.73. The zero-order chi connectivity index (χ0) is 12.0. The van der Waals surface area contributed by atoms with Gasteiger partial charge in [0.05, 0.1) is 0 Å². The fraction of sp³-hybridized carbons (Fsp3) is 0.500. The van der Waals surface area contributed by atoms with Gasteiger partial charge >= 0.3 is 0 Å². The highest BCUT2D eigenvalue weighted by atomic mass is 15.0. The van der Waals surface area contributed by atoms with E-state index in [-0.39, 0.29) is 0 Å². The van der Waals surface area contributed by atoms with Crippen LogP contribution < -0.4 is 0 Å². The lowest BCUT2D eigenvalue weighted by atomic mass is 9.92. The van der Waals surface area contributed by atoms with Crippen molar-refractivity contribution in [3.63, 3.8) is 0 Å². The molecule has 17 heavy (non-hydrogen) atoms. The molecule has 1 aromatic carbocycles. The van der Waals surface area contributed by atoms with Crippen molar-refractivity contribution in [2.24, 2.45) is 0 Å². The van der Waals surface area contributed by atoms with Gasteiger partial charge in [-0.25, -0.2) is 0 Å². The fourth-order valence-electron chi connectivity index (χ4n) is 2.94. The molecule has 0 unspecified atom stereocenters. The van der Waals surface area contributed by atoms with Gasteiger partial charge in [-0.2, -0.15) is 0 Å². The van der Waals surface area contributed by atoms with Crippen molar-refractivity contribution >= 4 is 10.9 Å². The predicted octanol–water partition coefficient (Wildman–Crippen LogP) is 4.80. The summed E-state index contributed by atoms with van der Waals surface area (Å²) >= 11 is 0. The molecule has 0 N–H and O–H groups in total. The maximum Gasteiger partial charge on any atom is 0.0485 e. The first-order valence-corrected chi connectivity index (χ1v) is 6.78. The number of hydrogen-bond acceptors (Lipinski definition) is 0. The molecule has 1 fully saturated rings. The van der Waals surface area contributed by atoms with Crippen LogP contribution in [0.15, 0.2) is 24.4 Å². The van der Waals surface area contributed by atoms with E-state index < -0.39 is 0 Å². The highest BCUT2D eigenvalue weighted by Crippen LogP contribution is 2.36. The summed E-state index contributed by atoms with van der Waals surface area (Å²) in [6, 6.07) is 7.79. The second-order valence-electron chi connectivity index (χ2n) is 5.73. The quantitative estimate of drug-likeness (QED) is 0.694. The third-order valence-corrected chi connectivity index (χ3v) is 4.20. The summed E-state index contributed by atoms with van der Waals surface area (Å²) < 4.78 is 2.49. The summed E-state index contributed by atoms with van der Waals surface area (Å²) in [6.45, 7) is 6.80. The van der Waals surface area contributed by atoms with Crippen molar-refractivity contribution in [3.8, 4) is 0 Å². The first-order chi connectivity index (χ1) is 8.16. The molecule has 0 spiro atoms. The zero-order valence-electron chi connectivity index (χ0n) is 11.0. The Kier molecular flexibility index (Phi) is 2.50. The summed E-state index contributed by atoms with van der Waals surface area (Å²) in [5, 5.41) is 1.40. The third kappa shape index (κ3) is 1.69. The molecule has 1 aliphatic rings. The topological polar surface area (TPSA) is 4.93 Å². The van der Waals surface area contributed by atoms with Crippen molar-refractivity contribution in [3.05, 3.63) is 35.5 Å². The summed E-state index contributed by atoms with van der Waals surface area (Å²) in [4.78, 5) is 0. The van der Waals surface area contributed by atoms with Gasteiger partial charge in [0, 0.05) is 17.8 Å². The largest absolute Gasteiger partial charge is 0.344 e. The van der Waals surface area contributed by atoms with Crippen molar-refractivity contribution in [1.82, 2.24) is 4.57 Å². The van der Waals surface area contributed by atoms with Crippen molar-refractivity contribution in [2.45, 2.75) is 52.0 Å². The summed E-state index contributed by atoms with van der Waals surface area (Å²) in [6.07, 6.45) is 6.38. The molecular formula is C16H21N. The summed E-state index contributed by atoms with van der Waals surface area (Å²) in [5.74, 6) is 0.615. The molecule has 3 rings (SSSR count). The Balaban J connectivity index is 2.16. The van der Waals surface area contributed by atoms with Gasteiger partial charge < -0.3 is 4.57 Å². The molecule has 1 heterocycles. The third-order valence-electron chi connectivity index (χ3n) is 4.20. The van der Waals surface area contributed by atoms with Crippen LogP contribution in [0, 0.1) is 6.92 Å². The van der Waals surface area contributed by atoms with Crippen LogP contribution in [-0.4, -0.2) is 4.57 Å². The number of aromatic nitrogens is 1. The van der Waals surface area contributed by atoms with Gasteiger partial charge in [0.1, 0.15) is 0 Å². The Hall–Kier alpha value is -1.24. The molecule has 1 saturated carbocycles. The SMILES string of the molecule is Cc1cc2ccn(C3CCC3)c2cc1C(C)C. The highest BCUT2D eigenvalue weighted by molar-refractivity contribution is 5.82. The number of benzene rings is 1. The van der Waals surface area contributed by atoms with E-state index in [1.165, 1.54) is 41.3 Å². The van der Waals surface area contributed by atoms with E-state index in [2.05, 4.69) is 49.7 Å². The molecule has 0 saturated heterocycles. The van der Waals surface area contributed by atoms with Crippen LogP contribution in [0.2, 0.25) is 0 Å². The van der Waals surface area contributed by atoms with E-state index in [1.807, 2.05) is 0 Å². The first kappa shape index (κ1) is 10.9. The lowest BCUT2D eigenvalue weighted by Gasteiger charge is -2.28. The molecule has 0 aliphatic heterocycles. The monoisotopic (exact) mass is 227 g/mol. The van der Waals surface area contributed by atoms with Crippen LogP contribution in [0.3, 0.4) is 0 Å². The van der Waals surface area contributed by atoms with E-state index in [9.17, 15) is 0 Å². The maximum atomic E-state index is 2.49. The predicted molar refractivity (Wildman–Crippen MR) is 73.7 cm³/mol. The Morgan fingerprint density at radius 2 is 2.00 bits per heavy atom. The van der Waals surface area contributed by atoms with E-state index in [0.717, 1.165) is 6.04 Å². The van der Waals surface area contributed by atoms with Crippen LogP contribution in [0.25, 0.3) is 10.9 Å². The first-order valence-electron chi connectivity index (χ1n) is 6.78. The minimum atomic E-state index is 0.615. The van der Waals surface area contributed by atoms with Crippen molar-refractivity contribution in [2.75, 3.05) is 0 Å². The van der Waals surface area contributed by atoms with E-state index >= 15 is 0 Å². The molecule has 0 radical (unpaired) electrons. The standard InChI is InChI=1S/C16H21N/c1-11(2)15-10-16-13(9-12(15)3)7-8-17(16)14-5-4-6-14/h7-11,14H,4-6H2,1-3H3. The molecule has 2 aromatic rings. The minimum absolute atomic E-state index is 0.615. The summed E-state index contributed by atoms with van der Waals surface area (Å²) in [5.41, 5.74) is 4.36. The molecule has 1 aromatic heterocycles. The molecule has 0 amide bonds. The number of nitrogens with zero attached hydrogens (tertiary/aromatic N) is 1. The number of rotatable bonds is 2. The Morgan fingerprint density at radius 3 is 2.59 bits per heavy atom. The van der Waals surface area contributed by atoms with Crippen molar-refractivity contribution in [1.29, 1.82) is 0 Å². The van der Waals surface area contributed by atoms with Crippen LogP contribution in [0.5, 0.6) is 0 Å². The molecule has 90 valence electrons. The normalized spacial score (nSPS) is 16.7. The van der Waals surface area contributed by atoms with Crippen molar-refractivity contribution < 1.29 is 0 Å². The molecule has 1 aliphatic carbocycles. The maximum absolute atomic E-state index is 2.49. The van der Waals surface area contributed by atoms with Gasteiger partial charge in [-0.15, -0.1) is 0 Å². The van der Waals surface area contributed by atoms with Crippen LogP contribution in [0.1, 0.15) is 56.2 Å². The Labute approximate surface area is 103 Å². The van der Waals surface area contributed by atoms with E-state index in [0.29, 0.717) is 5.92 Å². The van der Waals surface area contributed by atoms with Gasteiger partial charge in [-0.05, 0) is 66.8 Å². The molecular weight excluding hydrogens is 206 g/mol. The van der Waals surface area contributed by atoms with Gasteiger partial charge in [0.2, 0.25) is 0 Å². The van der Waals surface area contributed by atoms with Crippen LogP contribution in [-0.2, 0) is 0 Å². The average Bonchev–Trinajstić information content (AvgIpc) is 2.57. The highest BCUT2D eigenvalue weighted by Gasteiger charge is 2.20. The molecule has 0 bridgehead atoms. The smallest absolute Gasteiger partial charge is 0.0485 e. The average molecular weight is 227 g/mol. The lowest BCUT2D eigenvalue weighted by molar-refractivity contribution is 0.321.